The molecule has 1 amide bonds. The van der Waals surface area contributed by atoms with Gasteiger partial charge in [0.2, 0.25) is 0 Å². The summed E-state index contributed by atoms with van der Waals surface area (Å²) in [5, 5.41) is 22.0. The lowest BCUT2D eigenvalue weighted by molar-refractivity contribution is 0.102. The molecule has 3 aromatic heterocycles. The van der Waals surface area contributed by atoms with Crippen LogP contribution in [0.1, 0.15) is 48.5 Å². The Morgan fingerprint density at radius 3 is 2.71 bits per heavy atom. The Morgan fingerprint density at radius 1 is 1.29 bits per heavy atom. The number of hydrogen-bond acceptors (Lipinski definition) is 6. The summed E-state index contributed by atoms with van der Waals surface area (Å²) in [5.74, 6) is 0.166. The highest BCUT2D eigenvalue weighted by molar-refractivity contribution is 14.2. The van der Waals surface area contributed by atoms with E-state index in [0.29, 0.717) is 45.2 Å². The standard InChI is InChI=1S/C22H19Cl2IN7O2P/c1-12(5-6-26)31-11-14(8-28-31)29-22(33)21-16-7-15(3-4-19(16)32(30-21)35-25)34-13(2)20-17(23)9-27-10-18(20)24/h3-4,7-13,35H,5H2,1-2H3,(H,29,33). The molecule has 0 aliphatic heterocycles. The van der Waals surface area contributed by atoms with Gasteiger partial charge in [-0.05, 0) is 54.1 Å². The van der Waals surface area contributed by atoms with Crippen LogP contribution in [0.25, 0.3) is 10.9 Å². The lowest BCUT2D eigenvalue weighted by Crippen LogP contribution is -2.13. The highest BCUT2D eigenvalue weighted by Crippen LogP contribution is 2.36. The van der Waals surface area contributed by atoms with Gasteiger partial charge >= 0.3 is 0 Å². The van der Waals surface area contributed by atoms with Crippen molar-refractivity contribution in [1.82, 2.24) is 24.3 Å². The average Bonchev–Trinajstić information content (AvgIpc) is 3.43. The van der Waals surface area contributed by atoms with Gasteiger partial charge < -0.3 is 10.1 Å². The number of amides is 1. The molecule has 0 fully saturated rings. The molecule has 0 spiro atoms. The number of halogens is 3. The first-order chi connectivity index (χ1) is 16.8. The molecular formula is C22H19Cl2IN7O2P. The van der Waals surface area contributed by atoms with Gasteiger partial charge in [0.1, 0.15) is 11.9 Å². The van der Waals surface area contributed by atoms with Gasteiger partial charge in [0.15, 0.2) is 5.69 Å². The summed E-state index contributed by atoms with van der Waals surface area (Å²) in [6.07, 6.45) is 6.44. The van der Waals surface area contributed by atoms with Crippen molar-refractivity contribution >= 4 is 74.1 Å². The van der Waals surface area contributed by atoms with E-state index in [-0.39, 0.29) is 17.6 Å². The molecule has 3 heterocycles. The second-order valence-electron chi connectivity index (χ2n) is 7.68. The van der Waals surface area contributed by atoms with Gasteiger partial charge in [0.05, 0.1) is 52.4 Å². The maximum Gasteiger partial charge on any atom is 0.276 e. The van der Waals surface area contributed by atoms with Crippen LogP contribution in [-0.4, -0.2) is 30.2 Å². The van der Waals surface area contributed by atoms with Gasteiger partial charge in [-0.2, -0.15) is 15.5 Å². The minimum Gasteiger partial charge on any atom is -0.486 e. The van der Waals surface area contributed by atoms with Crippen molar-refractivity contribution in [3.63, 3.8) is 0 Å². The average molecular weight is 642 g/mol. The monoisotopic (exact) mass is 641 g/mol. The number of aromatic nitrogens is 5. The van der Waals surface area contributed by atoms with Gasteiger partial charge in [-0.3, -0.25) is 14.5 Å². The first-order valence-corrected chi connectivity index (χ1v) is 15.2. The maximum absolute atomic E-state index is 13.1. The molecule has 180 valence electrons. The number of nitrogens with one attached hydrogen (secondary N) is 1. The van der Waals surface area contributed by atoms with Gasteiger partial charge in [0.25, 0.3) is 5.91 Å². The summed E-state index contributed by atoms with van der Waals surface area (Å²) >= 11 is 14.8. The van der Waals surface area contributed by atoms with Crippen molar-refractivity contribution in [2.45, 2.75) is 32.4 Å². The van der Waals surface area contributed by atoms with E-state index in [1.54, 1.807) is 27.6 Å². The van der Waals surface area contributed by atoms with Crippen LogP contribution >= 0.6 is 51.6 Å². The summed E-state index contributed by atoms with van der Waals surface area (Å²) in [4.78, 5) is 17.1. The molecule has 1 aromatic carbocycles. The summed E-state index contributed by atoms with van der Waals surface area (Å²) in [6, 6.07) is 7.48. The van der Waals surface area contributed by atoms with Gasteiger partial charge in [-0.15, -0.1) is 0 Å². The van der Waals surface area contributed by atoms with E-state index in [1.807, 2.05) is 26.0 Å². The summed E-state index contributed by atoms with van der Waals surface area (Å²) in [7, 11) is 0. The number of ether oxygens (including phenoxy) is 1. The molecule has 0 bridgehead atoms. The number of anilines is 1. The molecule has 0 saturated carbocycles. The van der Waals surface area contributed by atoms with E-state index in [1.165, 1.54) is 12.4 Å². The zero-order valence-corrected chi connectivity index (χ0v) is 23.2. The van der Waals surface area contributed by atoms with Gasteiger partial charge in [0, 0.05) is 29.5 Å². The van der Waals surface area contributed by atoms with Crippen LogP contribution in [0.4, 0.5) is 5.69 Å². The van der Waals surface area contributed by atoms with Crippen molar-refractivity contribution in [1.29, 1.82) is 5.26 Å². The minimum atomic E-state index is -0.449. The predicted octanol–water partition coefficient (Wildman–Crippen LogP) is 6.59. The number of rotatable bonds is 8. The van der Waals surface area contributed by atoms with E-state index < -0.39 is 6.10 Å². The Balaban J connectivity index is 1.62. The molecule has 3 unspecified atom stereocenters. The first kappa shape index (κ1) is 25.6. The molecule has 4 aromatic rings. The van der Waals surface area contributed by atoms with Crippen molar-refractivity contribution in [2.24, 2.45) is 0 Å². The molecule has 1 N–H and O–H groups in total. The normalized spacial score (nSPS) is 13.1. The lowest BCUT2D eigenvalue weighted by Gasteiger charge is -2.17. The van der Waals surface area contributed by atoms with Crippen LogP contribution in [0.2, 0.25) is 10.0 Å². The maximum atomic E-state index is 13.1. The fourth-order valence-electron chi connectivity index (χ4n) is 3.54. The second kappa shape index (κ2) is 11.1. The van der Waals surface area contributed by atoms with Crippen molar-refractivity contribution in [3.8, 4) is 11.8 Å². The smallest absolute Gasteiger partial charge is 0.276 e. The number of pyridine rings is 1. The molecule has 13 heteroatoms. The Labute approximate surface area is 226 Å². The number of carbonyl (C=O) groups is 1. The second-order valence-corrected chi connectivity index (χ2v) is 10.5. The van der Waals surface area contributed by atoms with E-state index in [0.717, 1.165) is 5.52 Å². The Bertz CT molecular complexity index is 1410. The number of benzene rings is 1. The SMILES string of the molecule is CC(Oc1ccc2c(c1)c(C(=O)Nc1cnn(C(C)CC#N)c1)nn2PI)c1c(Cl)cncc1Cl. The predicted molar refractivity (Wildman–Crippen MR) is 146 cm³/mol. The first-order valence-electron chi connectivity index (χ1n) is 10.4. The molecule has 0 aliphatic carbocycles. The minimum absolute atomic E-state index is 0.102. The molecule has 9 nitrogen and oxygen atoms in total. The third-order valence-corrected chi connectivity index (χ3v) is 7.73. The van der Waals surface area contributed by atoms with Crippen LogP contribution in [0.5, 0.6) is 5.75 Å². The fourth-order valence-corrected chi connectivity index (χ4v) is 5.73. The summed E-state index contributed by atoms with van der Waals surface area (Å²) in [5.41, 5.74) is 2.22. The zero-order valence-electron chi connectivity index (χ0n) is 18.5. The number of carbonyl (C=O) groups excluding carboxylic acids is 1. The molecule has 0 saturated heterocycles. The Morgan fingerprint density at radius 2 is 2.03 bits per heavy atom. The molecule has 3 atom stereocenters. The third kappa shape index (κ3) is 5.54. The molecular weight excluding hydrogens is 623 g/mol. The number of fused-ring (bicyclic) bond motifs is 1. The summed E-state index contributed by atoms with van der Waals surface area (Å²) in [6.45, 7) is 3.72. The van der Waals surface area contributed by atoms with E-state index in [4.69, 9.17) is 33.2 Å². The van der Waals surface area contributed by atoms with Crippen LogP contribution in [-0.2, 0) is 0 Å². The largest absolute Gasteiger partial charge is 0.486 e. The van der Waals surface area contributed by atoms with Crippen LogP contribution < -0.4 is 10.1 Å². The fraction of sp³-hybridized carbons (Fsp3) is 0.227. The zero-order chi connectivity index (χ0) is 25.1. The van der Waals surface area contributed by atoms with Crippen LogP contribution in [0.15, 0.2) is 43.0 Å². The van der Waals surface area contributed by atoms with Crippen LogP contribution in [0.3, 0.4) is 0 Å². The highest BCUT2D eigenvalue weighted by atomic mass is 127. The Hall–Kier alpha value is -2.45. The number of nitriles is 1. The van der Waals surface area contributed by atoms with E-state index >= 15 is 0 Å². The quantitative estimate of drug-likeness (QED) is 0.172. The molecule has 4 rings (SSSR count). The third-order valence-electron chi connectivity index (χ3n) is 5.25. The summed E-state index contributed by atoms with van der Waals surface area (Å²) < 4.78 is 9.53. The van der Waals surface area contributed by atoms with Gasteiger partial charge in [-0.25, -0.2) is 4.45 Å². The molecule has 0 radical (unpaired) electrons. The van der Waals surface area contributed by atoms with Crippen molar-refractivity contribution < 1.29 is 9.53 Å². The molecule has 35 heavy (non-hydrogen) atoms. The molecule has 0 aliphatic rings. The Kier molecular flexibility index (Phi) is 8.12. The number of hydrogen-bond donors (Lipinski definition) is 1. The van der Waals surface area contributed by atoms with Crippen LogP contribution in [0, 0.1) is 11.3 Å². The van der Waals surface area contributed by atoms with Crippen molar-refractivity contribution in [3.05, 3.63) is 64.3 Å². The number of nitrogens with zero attached hydrogens (tertiary/aromatic N) is 6. The topological polar surface area (TPSA) is 111 Å². The van der Waals surface area contributed by atoms with Gasteiger partial charge in [-0.1, -0.05) is 23.2 Å². The lowest BCUT2D eigenvalue weighted by atomic mass is 10.1. The van der Waals surface area contributed by atoms with E-state index in [9.17, 15) is 4.79 Å². The highest BCUT2D eigenvalue weighted by Gasteiger charge is 2.21. The van der Waals surface area contributed by atoms with Crippen molar-refractivity contribution in [2.75, 3.05) is 5.32 Å². The van der Waals surface area contributed by atoms with E-state index in [2.05, 4.69) is 48.6 Å².